The molecule has 0 bridgehead atoms. The standard InChI is InChI=1S/C17H19FN2O9P2/c1-20(2)16(21)27-13-7-3-6-12(18)14(13)15-28-30(23,24)17(22,31(25,26)29-15)9-11-5-4-8-19-10-11/h3-8,10,15,22H,9H2,1-2H3,(H,23,24)(H,25,26). The van der Waals surface area contributed by atoms with Gasteiger partial charge in [0.1, 0.15) is 11.6 Å². The molecule has 1 aliphatic heterocycles. The van der Waals surface area contributed by atoms with Gasteiger partial charge in [0.25, 0.3) is 5.08 Å². The average Bonchev–Trinajstić information content (AvgIpc) is 2.66. The van der Waals surface area contributed by atoms with E-state index in [9.17, 15) is 33.2 Å². The number of carbonyl (C=O) groups excluding carboxylic acids is 1. The zero-order chi connectivity index (χ0) is 23.0. The van der Waals surface area contributed by atoms with Crippen LogP contribution in [0.25, 0.3) is 0 Å². The highest BCUT2D eigenvalue weighted by Crippen LogP contribution is 2.79. The van der Waals surface area contributed by atoms with Gasteiger partial charge < -0.3 is 24.5 Å². The number of amides is 1. The van der Waals surface area contributed by atoms with Crippen LogP contribution >= 0.6 is 15.2 Å². The van der Waals surface area contributed by atoms with Crippen LogP contribution in [0, 0.1) is 5.82 Å². The first-order chi connectivity index (χ1) is 14.4. The van der Waals surface area contributed by atoms with Crippen molar-refractivity contribution >= 4 is 21.3 Å². The lowest BCUT2D eigenvalue weighted by Gasteiger charge is -2.41. The van der Waals surface area contributed by atoms with Crippen molar-refractivity contribution in [3.8, 4) is 5.75 Å². The zero-order valence-electron chi connectivity index (χ0n) is 16.3. The molecule has 0 aliphatic carbocycles. The molecule has 0 spiro atoms. The molecule has 14 heteroatoms. The van der Waals surface area contributed by atoms with E-state index < -0.39 is 56.2 Å². The Hall–Kier alpha value is -2.17. The van der Waals surface area contributed by atoms with Gasteiger partial charge in [0.05, 0.1) is 5.56 Å². The van der Waals surface area contributed by atoms with Gasteiger partial charge in [-0.1, -0.05) is 12.1 Å². The van der Waals surface area contributed by atoms with Crippen molar-refractivity contribution < 1.29 is 47.0 Å². The smallest absolute Gasteiger partial charge is 0.410 e. The van der Waals surface area contributed by atoms with Crippen LogP contribution in [-0.2, 0) is 24.6 Å². The second-order valence-electron chi connectivity index (χ2n) is 6.81. The summed E-state index contributed by atoms with van der Waals surface area (Å²) in [6, 6.07) is 6.05. The van der Waals surface area contributed by atoms with Crippen LogP contribution in [0.3, 0.4) is 0 Å². The molecular weight excluding hydrogens is 457 g/mol. The topological polar surface area (TPSA) is 156 Å². The van der Waals surface area contributed by atoms with Gasteiger partial charge in [0.15, 0.2) is 0 Å². The summed E-state index contributed by atoms with van der Waals surface area (Å²) in [7, 11) is -7.96. The number of aromatic nitrogens is 1. The van der Waals surface area contributed by atoms with E-state index in [1.807, 2.05) is 0 Å². The molecule has 2 atom stereocenters. The number of aliphatic hydroxyl groups is 1. The van der Waals surface area contributed by atoms with E-state index in [0.29, 0.717) is 0 Å². The Bertz CT molecular complexity index is 1060. The molecule has 3 N–H and O–H groups in total. The molecule has 1 aliphatic rings. The van der Waals surface area contributed by atoms with Crippen LogP contribution < -0.4 is 4.74 Å². The number of nitrogens with zero attached hydrogens (tertiary/aromatic N) is 2. The van der Waals surface area contributed by atoms with Crippen LogP contribution in [0.2, 0.25) is 0 Å². The summed E-state index contributed by atoms with van der Waals surface area (Å²) in [5.41, 5.74) is -0.560. The maximum Gasteiger partial charge on any atom is 0.414 e. The molecule has 3 rings (SSSR count). The van der Waals surface area contributed by atoms with Crippen molar-refractivity contribution in [1.29, 1.82) is 0 Å². The first kappa shape index (κ1) is 23.5. The lowest BCUT2D eigenvalue weighted by atomic mass is 10.2. The Morgan fingerprint density at radius 3 is 2.42 bits per heavy atom. The lowest BCUT2D eigenvalue weighted by Crippen LogP contribution is -2.38. The Kier molecular flexibility index (Phi) is 6.37. The second-order valence-corrected chi connectivity index (χ2v) is 11.1. The molecule has 0 saturated carbocycles. The van der Waals surface area contributed by atoms with Gasteiger partial charge >= 0.3 is 21.3 Å². The highest BCUT2D eigenvalue weighted by molar-refractivity contribution is 7.73. The van der Waals surface area contributed by atoms with Gasteiger partial charge in [-0.15, -0.1) is 0 Å². The molecule has 2 unspecified atom stereocenters. The molecule has 11 nitrogen and oxygen atoms in total. The maximum absolute atomic E-state index is 14.6. The molecule has 2 heterocycles. The summed E-state index contributed by atoms with van der Waals surface area (Å²) < 4.78 is 55.0. The minimum absolute atomic E-state index is 0.144. The summed E-state index contributed by atoms with van der Waals surface area (Å²) in [6.45, 7) is 0. The van der Waals surface area contributed by atoms with Crippen molar-refractivity contribution in [2.24, 2.45) is 0 Å². The monoisotopic (exact) mass is 476 g/mol. The van der Waals surface area contributed by atoms with E-state index in [4.69, 9.17) is 13.8 Å². The number of hydrogen-bond acceptors (Lipinski definition) is 8. The van der Waals surface area contributed by atoms with Gasteiger partial charge in [-0.05, 0) is 23.8 Å². The second kappa shape index (κ2) is 8.40. The Balaban J connectivity index is 2.01. The largest absolute Gasteiger partial charge is 0.414 e. The molecular formula is C17H19FN2O9P2. The van der Waals surface area contributed by atoms with Crippen molar-refractivity contribution in [1.82, 2.24) is 9.88 Å². The Morgan fingerprint density at radius 1 is 1.23 bits per heavy atom. The predicted octanol–water partition coefficient (Wildman–Crippen LogP) is 2.59. The summed E-state index contributed by atoms with van der Waals surface area (Å²) in [5, 5.41) is 7.47. The Labute approximate surface area is 176 Å². The summed E-state index contributed by atoms with van der Waals surface area (Å²) in [6.07, 6.45) is -1.36. The molecule has 168 valence electrons. The molecule has 31 heavy (non-hydrogen) atoms. The maximum atomic E-state index is 14.6. The fraction of sp³-hybridized carbons (Fsp3) is 0.294. The van der Waals surface area contributed by atoms with Gasteiger partial charge in [-0.25, -0.2) is 9.18 Å². The lowest BCUT2D eigenvalue weighted by molar-refractivity contribution is -0.0604. The number of ether oxygens (including phenoxy) is 1. The highest BCUT2D eigenvalue weighted by Gasteiger charge is 2.67. The first-order valence-corrected chi connectivity index (χ1v) is 11.8. The van der Waals surface area contributed by atoms with E-state index >= 15 is 0 Å². The van der Waals surface area contributed by atoms with Gasteiger partial charge in [0, 0.05) is 32.9 Å². The van der Waals surface area contributed by atoms with Crippen molar-refractivity contribution in [2.45, 2.75) is 17.8 Å². The van der Waals surface area contributed by atoms with Crippen molar-refractivity contribution in [2.75, 3.05) is 14.1 Å². The zero-order valence-corrected chi connectivity index (χ0v) is 18.1. The van der Waals surface area contributed by atoms with Crippen LogP contribution in [0.5, 0.6) is 5.75 Å². The number of halogens is 1. The Morgan fingerprint density at radius 2 is 1.87 bits per heavy atom. The van der Waals surface area contributed by atoms with Crippen LogP contribution in [0.1, 0.15) is 17.4 Å². The third-order valence-corrected chi connectivity index (χ3v) is 8.95. The molecule has 1 aromatic heterocycles. The number of carbonyl (C=O) groups is 1. The summed E-state index contributed by atoms with van der Waals surface area (Å²) in [5.74, 6) is -1.58. The molecule has 0 radical (unpaired) electrons. The van der Waals surface area contributed by atoms with Crippen molar-refractivity contribution in [3.63, 3.8) is 0 Å². The highest BCUT2D eigenvalue weighted by atomic mass is 31.2. The van der Waals surface area contributed by atoms with Crippen molar-refractivity contribution in [3.05, 3.63) is 59.7 Å². The van der Waals surface area contributed by atoms with E-state index in [1.54, 1.807) is 0 Å². The normalized spacial score (nSPS) is 30.6. The van der Waals surface area contributed by atoms with Crippen LogP contribution in [0.4, 0.5) is 9.18 Å². The SMILES string of the molecule is CN(C)C(=O)Oc1cccc(F)c1C1OP(=O)(O)C(O)(Cc2cccnc2)P(=O)(O)O1. The summed E-state index contributed by atoms with van der Waals surface area (Å²) in [4.78, 5) is 37.4. The van der Waals surface area contributed by atoms with Gasteiger partial charge in [-0.2, -0.15) is 0 Å². The van der Waals surface area contributed by atoms with Gasteiger partial charge in [-0.3, -0.25) is 23.2 Å². The number of hydrogen-bond donors (Lipinski definition) is 3. The number of pyridine rings is 1. The molecule has 1 saturated heterocycles. The average molecular weight is 476 g/mol. The predicted molar refractivity (Wildman–Crippen MR) is 104 cm³/mol. The third kappa shape index (κ3) is 4.42. The molecule has 1 fully saturated rings. The minimum Gasteiger partial charge on any atom is -0.410 e. The summed E-state index contributed by atoms with van der Waals surface area (Å²) >= 11 is 0. The van der Waals surface area contributed by atoms with E-state index in [1.165, 1.54) is 44.7 Å². The number of rotatable bonds is 4. The minimum atomic E-state index is -5.34. The van der Waals surface area contributed by atoms with Crippen LogP contribution in [-0.4, -0.2) is 50.0 Å². The number of benzene rings is 1. The van der Waals surface area contributed by atoms with E-state index in [-0.39, 0.29) is 5.56 Å². The molecule has 1 aromatic carbocycles. The van der Waals surface area contributed by atoms with E-state index in [2.05, 4.69) is 4.98 Å². The van der Waals surface area contributed by atoms with E-state index in [0.717, 1.165) is 17.0 Å². The first-order valence-electron chi connectivity index (χ1n) is 8.69. The molecule has 2 aromatic rings. The fourth-order valence-corrected chi connectivity index (χ4v) is 6.26. The van der Waals surface area contributed by atoms with Crippen LogP contribution in [0.15, 0.2) is 42.7 Å². The fourth-order valence-electron chi connectivity index (χ4n) is 2.71. The van der Waals surface area contributed by atoms with Gasteiger partial charge in [0.2, 0.25) is 6.29 Å². The molecule has 1 amide bonds. The quantitative estimate of drug-likeness (QED) is 0.561. The third-order valence-electron chi connectivity index (χ3n) is 4.36.